The Morgan fingerprint density at radius 1 is 1.47 bits per heavy atom. The topological polar surface area (TPSA) is 30.2 Å². The SMILES string of the molecule is Clc1c(I)ccn2c(CC3CC3)nnc12. The van der Waals surface area contributed by atoms with Gasteiger partial charge in [0, 0.05) is 16.2 Å². The molecule has 0 unspecified atom stereocenters. The van der Waals surface area contributed by atoms with Crippen LogP contribution in [0.2, 0.25) is 5.02 Å². The highest BCUT2D eigenvalue weighted by Crippen LogP contribution is 2.32. The van der Waals surface area contributed by atoms with Gasteiger partial charge >= 0.3 is 0 Å². The molecular weight excluding hydrogens is 324 g/mol. The molecule has 1 saturated carbocycles. The molecule has 2 aromatic heterocycles. The molecule has 2 heterocycles. The maximum absolute atomic E-state index is 6.16. The van der Waals surface area contributed by atoms with E-state index in [4.69, 9.17) is 11.6 Å². The Hall–Kier alpha value is -0.360. The summed E-state index contributed by atoms with van der Waals surface area (Å²) in [5.41, 5.74) is 0.777. The van der Waals surface area contributed by atoms with Crippen molar-refractivity contribution in [2.24, 2.45) is 5.92 Å². The van der Waals surface area contributed by atoms with Crippen LogP contribution in [0.5, 0.6) is 0 Å². The zero-order chi connectivity index (χ0) is 10.4. The first-order chi connectivity index (χ1) is 7.25. The van der Waals surface area contributed by atoms with Crippen molar-refractivity contribution in [2.75, 3.05) is 0 Å². The molecule has 0 N–H and O–H groups in total. The molecule has 0 spiro atoms. The van der Waals surface area contributed by atoms with E-state index in [-0.39, 0.29) is 0 Å². The predicted octanol–water partition coefficient (Wildman–Crippen LogP) is 2.94. The molecule has 0 amide bonds. The van der Waals surface area contributed by atoms with Crippen LogP contribution in [0.4, 0.5) is 0 Å². The van der Waals surface area contributed by atoms with Crippen LogP contribution in [0.3, 0.4) is 0 Å². The fourth-order valence-electron chi connectivity index (χ4n) is 1.67. The molecule has 1 aliphatic rings. The third kappa shape index (κ3) is 1.73. The van der Waals surface area contributed by atoms with Crippen molar-refractivity contribution in [3.8, 4) is 0 Å². The summed E-state index contributed by atoms with van der Waals surface area (Å²) in [4.78, 5) is 0. The van der Waals surface area contributed by atoms with Crippen molar-refractivity contribution in [1.29, 1.82) is 0 Å². The molecule has 2 aromatic rings. The molecule has 0 radical (unpaired) electrons. The van der Waals surface area contributed by atoms with Crippen LogP contribution >= 0.6 is 34.2 Å². The van der Waals surface area contributed by atoms with Crippen LogP contribution in [-0.4, -0.2) is 14.6 Å². The van der Waals surface area contributed by atoms with Crippen LogP contribution in [0, 0.1) is 9.49 Å². The van der Waals surface area contributed by atoms with Crippen molar-refractivity contribution in [2.45, 2.75) is 19.3 Å². The number of hydrogen-bond donors (Lipinski definition) is 0. The van der Waals surface area contributed by atoms with E-state index < -0.39 is 0 Å². The molecule has 78 valence electrons. The maximum atomic E-state index is 6.16. The predicted molar refractivity (Wildman–Crippen MR) is 67.1 cm³/mol. The molecule has 0 aromatic carbocycles. The van der Waals surface area contributed by atoms with E-state index in [1.807, 2.05) is 16.7 Å². The van der Waals surface area contributed by atoms with Gasteiger partial charge in [0.2, 0.25) is 0 Å². The van der Waals surface area contributed by atoms with E-state index in [1.165, 1.54) is 12.8 Å². The summed E-state index contributed by atoms with van der Waals surface area (Å²) < 4.78 is 3.02. The monoisotopic (exact) mass is 333 g/mol. The molecule has 15 heavy (non-hydrogen) atoms. The fourth-order valence-corrected chi connectivity index (χ4v) is 2.26. The Morgan fingerprint density at radius 3 is 3.00 bits per heavy atom. The largest absolute Gasteiger partial charge is 0.285 e. The highest BCUT2D eigenvalue weighted by molar-refractivity contribution is 14.1. The van der Waals surface area contributed by atoms with Gasteiger partial charge in [0.05, 0.1) is 5.02 Å². The second-order valence-corrected chi connectivity index (χ2v) is 5.48. The van der Waals surface area contributed by atoms with E-state index in [0.717, 1.165) is 27.4 Å². The first kappa shape index (κ1) is 9.84. The summed E-state index contributed by atoms with van der Waals surface area (Å²) in [6, 6.07) is 2.00. The number of fused-ring (bicyclic) bond motifs is 1. The lowest BCUT2D eigenvalue weighted by atomic mass is 10.3. The number of rotatable bonds is 2. The number of halogens is 2. The summed E-state index contributed by atoms with van der Waals surface area (Å²) in [7, 11) is 0. The molecule has 0 atom stereocenters. The first-order valence-electron chi connectivity index (χ1n) is 4.93. The van der Waals surface area contributed by atoms with E-state index in [0.29, 0.717) is 5.02 Å². The average molecular weight is 334 g/mol. The van der Waals surface area contributed by atoms with Crippen molar-refractivity contribution in [3.63, 3.8) is 0 Å². The van der Waals surface area contributed by atoms with Gasteiger partial charge in [-0.1, -0.05) is 11.6 Å². The Bertz CT molecular complexity index is 519. The van der Waals surface area contributed by atoms with E-state index in [1.54, 1.807) is 0 Å². The van der Waals surface area contributed by atoms with Crippen LogP contribution < -0.4 is 0 Å². The lowest BCUT2D eigenvalue weighted by Gasteiger charge is -2.00. The van der Waals surface area contributed by atoms with E-state index in [9.17, 15) is 0 Å². The second kappa shape index (κ2) is 3.59. The molecule has 0 saturated heterocycles. The minimum Gasteiger partial charge on any atom is -0.285 e. The molecule has 3 rings (SSSR count). The molecule has 1 aliphatic carbocycles. The zero-order valence-corrected chi connectivity index (χ0v) is 10.9. The Kier molecular flexibility index (Phi) is 2.35. The third-order valence-electron chi connectivity index (χ3n) is 2.71. The van der Waals surface area contributed by atoms with Gasteiger partial charge in [-0.25, -0.2) is 0 Å². The molecule has 3 nitrogen and oxygen atoms in total. The highest BCUT2D eigenvalue weighted by Gasteiger charge is 2.24. The standard InChI is InChI=1S/C10H9ClIN3/c11-9-7(12)3-4-15-8(5-6-1-2-6)13-14-10(9)15/h3-4,6H,1-2,5H2. The van der Waals surface area contributed by atoms with Gasteiger partial charge in [-0.15, -0.1) is 10.2 Å². The van der Waals surface area contributed by atoms with Gasteiger partial charge in [0.1, 0.15) is 5.82 Å². The number of nitrogens with zero attached hydrogens (tertiary/aromatic N) is 3. The summed E-state index contributed by atoms with van der Waals surface area (Å²) in [5, 5.41) is 9.04. The fraction of sp³-hybridized carbons (Fsp3) is 0.400. The molecule has 5 heteroatoms. The van der Waals surface area contributed by atoms with Crippen LogP contribution in [0.15, 0.2) is 12.3 Å². The Morgan fingerprint density at radius 2 is 2.27 bits per heavy atom. The second-order valence-electron chi connectivity index (χ2n) is 3.93. The summed E-state index contributed by atoms with van der Waals surface area (Å²) >= 11 is 8.37. The minimum atomic E-state index is 0.702. The highest BCUT2D eigenvalue weighted by atomic mass is 127. The van der Waals surface area contributed by atoms with Gasteiger partial charge < -0.3 is 0 Å². The number of pyridine rings is 1. The first-order valence-corrected chi connectivity index (χ1v) is 6.39. The minimum absolute atomic E-state index is 0.702. The summed E-state index contributed by atoms with van der Waals surface area (Å²) in [6.45, 7) is 0. The van der Waals surface area contributed by atoms with Crippen molar-refractivity contribution < 1.29 is 0 Å². The van der Waals surface area contributed by atoms with Gasteiger partial charge in [-0.05, 0) is 47.4 Å². The van der Waals surface area contributed by atoms with Gasteiger partial charge in [-0.3, -0.25) is 4.40 Å². The molecule has 0 bridgehead atoms. The summed E-state index contributed by atoms with van der Waals surface area (Å²) in [6.07, 6.45) is 5.68. The Labute approximate surface area is 106 Å². The normalized spacial score (nSPS) is 16.1. The van der Waals surface area contributed by atoms with E-state index >= 15 is 0 Å². The maximum Gasteiger partial charge on any atom is 0.180 e. The molecular formula is C10H9ClIN3. The lowest BCUT2D eigenvalue weighted by Crippen LogP contribution is -1.96. The average Bonchev–Trinajstić information content (AvgIpc) is 2.93. The van der Waals surface area contributed by atoms with Crippen molar-refractivity contribution in [1.82, 2.24) is 14.6 Å². The summed E-state index contributed by atoms with van der Waals surface area (Å²) in [5.74, 6) is 1.85. The quantitative estimate of drug-likeness (QED) is 0.791. The van der Waals surface area contributed by atoms with Crippen molar-refractivity contribution in [3.05, 3.63) is 26.7 Å². The van der Waals surface area contributed by atoms with Crippen LogP contribution in [0.1, 0.15) is 18.7 Å². The number of hydrogen-bond acceptors (Lipinski definition) is 2. The third-order valence-corrected chi connectivity index (χ3v) is 4.30. The number of aromatic nitrogens is 3. The molecule has 1 fully saturated rings. The molecule has 0 aliphatic heterocycles. The van der Waals surface area contributed by atoms with Crippen molar-refractivity contribution >= 4 is 39.8 Å². The van der Waals surface area contributed by atoms with Gasteiger partial charge in [-0.2, -0.15) is 0 Å². The zero-order valence-electron chi connectivity index (χ0n) is 7.95. The van der Waals surface area contributed by atoms with Crippen LogP contribution in [-0.2, 0) is 6.42 Å². The van der Waals surface area contributed by atoms with Crippen LogP contribution in [0.25, 0.3) is 5.65 Å². The Balaban J connectivity index is 2.12. The van der Waals surface area contributed by atoms with Gasteiger partial charge in [0.15, 0.2) is 5.65 Å². The van der Waals surface area contributed by atoms with E-state index in [2.05, 4.69) is 32.8 Å². The van der Waals surface area contributed by atoms with Gasteiger partial charge in [0.25, 0.3) is 0 Å². The lowest BCUT2D eigenvalue weighted by molar-refractivity contribution is 0.758. The smallest absolute Gasteiger partial charge is 0.180 e.